The molecule has 20 heavy (non-hydrogen) atoms. The van der Waals surface area contributed by atoms with Crippen LogP contribution in [0.1, 0.15) is 16.7 Å². The highest BCUT2D eigenvalue weighted by atomic mass is 28.3. The zero-order valence-electron chi connectivity index (χ0n) is 11.7. The van der Waals surface area contributed by atoms with Gasteiger partial charge in [-0.05, 0) is 29.3 Å². The van der Waals surface area contributed by atoms with Crippen LogP contribution < -0.4 is 5.38 Å². The predicted octanol–water partition coefficient (Wildman–Crippen LogP) is 4.43. The van der Waals surface area contributed by atoms with Crippen LogP contribution in [0.3, 0.4) is 0 Å². The largest absolute Gasteiger partial charge is 0.474 e. The van der Waals surface area contributed by atoms with E-state index in [9.17, 15) is 13.2 Å². The molecule has 0 bridgehead atoms. The van der Waals surface area contributed by atoms with E-state index >= 15 is 0 Å². The second-order valence-corrected chi connectivity index (χ2v) is 10.9. The van der Waals surface area contributed by atoms with Crippen molar-refractivity contribution in [1.82, 2.24) is 0 Å². The molecule has 1 aromatic carbocycles. The van der Waals surface area contributed by atoms with Gasteiger partial charge in [-0.25, -0.2) is 0 Å². The van der Waals surface area contributed by atoms with Gasteiger partial charge in [0.1, 0.15) is 8.07 Å². The van der Waals surface area contributed by atoms with Crippen molar-refractivity contribution < 1.29 is 17.6 Å². The summed E-state index contributed by atoms with van der Waals surface area (Å²) in [7, 11) is -1.48. The number of benzene rings is 1. The van der Waals surface area contributed by atoms with Crippen LogP contribution in [-0.4, -0.2) is 8.07 Å². The molecular weight excluding hydrogens is 281 g/mol. The first-order valence-electron chi connectivity index (χ1n) is 6.40. The molecule has 0 N–H and O–H groups in total. The lowest BCUT2D eigenvalue weighted by Crippen LogP contribution is -2.36. The number of alkyl halides is 3. The summed E-state index contributed by atoms with van der Waals surface area (Å²) in [6.45, 7) is 6.56. The van der Waals surface area contributed by atoms with Gasteiger partial charge in [-0.3, -0.25) is 0 Å². The highest BCUT2D eigenvalue weighted by molar-refractivity contribution is 6.87. The van der Waals surface area contributed by atoms with Crippen molar-refractivity contribution in [3.05, 3.63) is 53.3 Å². The van der Waals surface area contributed by atoms with Gasteiger partial charge >= 0.3 is 6.18 Å². The third kappa shape index (κ3) is 3.54. The molecule has 2 aromatic rings. The Morgan fingerprint density at radius 1 is 1.00 bits per heavy atom. The maximum atomic E-state index is 12.5. The lowest BCUT2D eigenvalue weighted by atomic mass is 10.1. The topological polar surface area (TPSA) is 13.1 Å². The summed E-state index contributed by atoms with van der Waals surface area (Å²) in [6, 6.07) is 7.29. The van der Waals surface area contributed by atoms with E-state index in [1.807, 2.05) is 6.07 Å². The zero-order chi connectivity index (χ0) is 15.0. The molecule has 0 fully saturated rings. The number of halogens is 3. The zero-order valence-corrected chi connectivity index (χ0v) is 12.7. The maximum absolute atomic E-state index is 12.5. The highest BCUT2D eigenvalue weighted by Crippen LogP contribution is 2.29. The van der Waals surface area contributed by atoms with Crippen LogP contribution in [0, 0.1) is 0 Å². The van der Waals surface area contributed by atoms with E-state index in [1.165, 1.54) is 12.1 Å². The fourth-order valence-electron chi connectivity index (χ4n) is 1.91. The van der Waals surface area contributed by atoms with E-state index in [2.05, 4.69) is 19.6 Å². The van der Waals surface area contributed by atoms with Crippen molar-refractivity contribution >= 4 is 13.5 Å². The van der Waals surface area contributed by atoms with E-state index in [-0.39, 0.29) is 0 Å². The van der Waals surface area contributed by atoms with Gasteiger partial charge in [0.25, 0.3) is 0 Å². The molecule has 2 rings (SSSR count). The van der Waals surface area contributed by atoms with Gasteiger partial charge in [-0.15, -0.1) is 0 Å². The minimum atomic E-state index is -4.28. The molecule has 0 aliphatic rings. The highest BCUT2D eigenvalue weighted by Gasteiger charge is 2.29. The van der Waals surface area contributed by atoms with Crippen molar-refractivity contribution in [2.45, 2.75) is 32.2 Å². The molecule has 108 valence electrons. The molecule has 0 amide bonds. The van der Waals surface area contributed by atoms with Gasteiger partial charge in [0.2, 0.25) is 0 Å². The predicted molar refractivity (Wildman–Crippen MR) is 75.9 cm³/mol. The Morgan fingerprint density at radius 3 is 2.05 bits per heavy atom. The van der Waals surface area contributed by atoms with E-state index < -0.39 is 19.8 Å². The van der Waals surface area contributed by atoms with Gasteiger partial charge in [0.05, 0.1) is 17.2 Å². The summed E-state index contributed by atoms with van der Waals surface area (Å²) in [4.78, 5) is 0. The van der Waals surface area contributed by atoms with Crippen LogP contribution in [0.25, 0.3) is 0 Å². The Bertz CT molecular complexity index is 576. The second-order valence-electron chi connectivity index (χ2n) is 5.94. The van der Waals surface area contributed by atoms with E-state index in [1.54, 1.807) is 6.26 Å². The third-order valence-electron chi connectivity index (χ3n) is 3.08. The van der Waals surface area contributed by atoms with Gasteiger partial charge in [-0.2, -0.15) is 13.2 Å². The van der Waals surface area contributed by atoms with E-state index in [4.69, 9.17) is 4.42 Å². The van der Waals surface area contributed by atoms with E-state index in [0.717, 1.165) is 28.6 Å². The third-order valence-corrected chi connectivity index (χ3v) is 4.82. The number of furan rings is 1. The lowest BCUT2D eigenvalue weighted by Gasteiger charge is -2.10. The van der Waals surface area contributed by atoms with Crippen molar-refractivity contribution in [2.75, 3.05) is 0 Å². The summed E-state index contributed by atoms with van der Waals surface area (Å²) < 4.78 is 43.0. The molecule has 0 unspecified atom stereocenters. The summed E-state index contributed by atoms with van der Waals surface area (Å²) >= 11 is 0. The van der Waals surface area contributed by atoms with Crippen LogP contribution in [0.4, 0.5) is 13.2 Å². The first-order valence-corrected chi connectivity index (χ1v) is 9.90. The van der Waals surface area contributed by atoms with Crippen LogP contribution in [-0.2, 0) is 12.6 Å². The van der Waals surface area contributed by atoms with Gasteiger partial charge in [0.15, 0.2) is 0 Å². The fourth-order valence-corrected chi connectivity index (χ4v) is 2.94. The quantitative estimate of drug-likeness (QED) is 0.764. The summed E-state index contributed by atoms with van der Waals surface area (Å²) in [5, 5.41) is 1.01. The summed E-state index contributed by atoms with van der Waals surface area (Å²) in [5.41, 5.74) is 1.24. The number of rotatable bonds is 3. The Morgan fingerprint density at radius 2 is 1.60 bits per heavy atom. The molecule has 0 aliphatic heterocycles. The maximum Gasteiger partial charge on any atom is 0.416 e. The molecule has 5 heteroatoms. The normalized spacial score (nSPS) is 12.7. The van der Waals surface area contributed by atoms with Crippen LogP contribution in [0.2, 0.25) is 19.6 Å². The molecule has 1 aromatic heterocycles. The van der Waals surface area contributed by atoms with Crippen molar-refractivity contribution in [1.29, 1.82) is 0 Å². The molecule has 0 saturated heterocycles. The molecule has 0 atom stereocenters. The van der Waals surface area contributed by atoms with Gasteiger partial charge < -0.3 is 4.42 Å². The molecule has 0 saturated carbocycles. The Labute approximate surface area is 117 Å². The second kappa shape index (κ2) is 5.13. The smallest absolute Gasteiger partial charge is 0.416 e. The van der Waals surface area contributed by atoms with Crippen LogP contribution in [0.5, 0.6) is 0 Å². The Hall–Kier alpha value is -1.49. The average Bonchev–Trinajstić information content (AvgIpc) is 2.77. The minimum absolute atomic E-state index is 0.589. The molecule has 0 aliphatic carbocycles. The minimum Gasteiger partial charge on any atom is -0.474 e. The van der Waals surface area contributed by atoms with Crippen LogP contribution in [0.15, 0.2) is 41.0 Å². The average molecular weight is 298 g/mol. The molecular formula is C15H17F3OSi. The first kappa shape index (κ1) is 14.9. The lowest BCUT2D eigenvalue weighted by molar-refractivity contribution is -0.137. The van der Waals surface area contributed by atoms with Crippen molar-refractivity contribution in [2.24, 2.45) is 0 Å². The number of hydrogen-bond acceptors (Lipinski definition) is 1. The van der Waals surface area contributed by atoms with Gasteiger partial charge in [0, 0.05) is 6.42 Å². The Balaban J connectivity index is 2.13. The van der Waals surface area contributed by atoms with E-state index in [0.29, 0.717) is 6.42 Å². The molecule has 1 nitrogen and oxygen atoms in total. The van der Waals surface area contributed by atoms with Crippen molar-refractivity contribution in [3.63, 3.8) is 0 Å². The number of hydrogen-bond donors (Lipinski definition) is 0. The summed E-state index contributed by atoms with van der Waals surface area (Å²) in [5.74, 6) is 0. The Kier molecular flexibility index (Phi) is 3.82. The molecule has 0 radical (unpaired) electrons. The SMILES string of the molecule is C[Si](C)(C)c1cc(Cc2ccc(C(F)(F)F)cc2)co1. The van der Waals surface area contributed by atoms with Gasteiger partial charge in [-0.1, -0.05) is 31.8 Å². The van der Waals surface area contributed by atoms with Crippen LogP contribution >= 0.6 is 0 Å². The molecule has 0 spiro atoms. The van der Waals surface area contributed by atoms with Crippen molar-refractivity contribution in [3.8, 4) is 0 Å². The summed E-state index contributed by atoms with van der Waals surface area (Å²) in [6.07, 6.45) is -1.99. The standard InChI is InChI=1S/C15H17F3OSi/c1-20(2,3)14-9-12(10-19-14)8-11-4-6-13(7-5-11)15(16,17)18/h4-7,9-10H,8H2,1-3H3. The first-order chi connectivity index (χ1) is 9.16. The molecule has 1 heterocycles. The fraction of sp³-hybridized carbons (Fsp3) is 0.333. The monoisotopic (exact) mass is 298 g/mol.